The Morgan fingerprint density at radius 3 is 2.63 bits per heavy atom. The van der Waals surface area contributed by atoms with Gasteiger partial charge in [0.15, 0.2) is 0 Å². The first-order valence-corrected chi connectivity index (χ1v) is 10.3. The van der Waals surface area contributed by atoms with E-state index in [0.29, 0.717) is 13.0 Å². The fourth-order valence-electron chi connectivity index (χ4n) is 3.90. The number of nitrogens with zero attached hydrogens (tertiary/aromatic N) is 2. The molecule has 1 saturated carbocycles. The number of methoxy groups -OCH3 is 1. The minimum atomic E-state index is -0.713. The van der Waals surface area contributed by atoms with E-state index in [0.717, 1.165) is 17.8 Å². The zero-order chi connectivity index (χ0) is 21.9. The van der Waals surface area contributed by atoms with E-state index in [2.05, 4.69) is 17.2 Å². The maximum atomic E-state index is 12.7. The molecule has 0 saturated heterocycles. The van der Waals surface area contributed by atoms with Gasteiger partial charge in [-0.2, -0.15) is 0 Å². The van der Waals surface area contributed by atoms with Gasteiger partial charge in [-0.3, -0.25) is 4.79 Å². The first kappa shape index (κ1) is 21.9. The lowest BCUT2D eigenvalue weighted by molar-refractivity contribution is -0.144. The van der Waals surface area contributed by atoms with Gasteiger partial charge in [-0.05, 0) is 57.6 Å². The van der Waals surface area contributed by atoms with E-state index < -0.39 is 17.1 Å². The summed E-state index contributed by atoms with van der Waals surface area (Å²) in [7, 11) is 1.42. The van der Waals surface area contributed by atoms with Crippen molar-refractivity contribution >= 4 is 12.1 Å². The highest BCUT2D eigenvalue weighted by Gasteiger charge is 2.63. The summed E-state index contributed by atoms with van der Waals surface area (Å²) in [6, 6.07) is 9.87. The Morgan fingerprint density at radius 1 is 1.30 bits per heavy atom. The van der Waals surface area contributed by atoms with Crippen molar-refractivity contribution in [1.82, 2.24) is 14.9 Å². The highest BCUT2D eigenvalue weighted by atomic mass is 16.6. The monoisotopic (exact) mass is 413 g/mol. The molecule has 0 spiro atoms. The Bertz CT molecular complexity index is 887. The molecule has 0 aliphatic heterocycles. The average molecular weight is 414 g/mol. The number of hydrogen-bond donors (Lipinski definition) is 1. The number of esters is 1. The van der Waals surface area contributed by atoms with Crippen LogP contribution in [0.5, 0.6) is 0 Å². The number of alkyl carbamates (subject to hydrolysis) is 1. The van der Waals surface area contributed by atoms with Gasteiger partial charge in [0.25, 0.3) is 0 Å². The molecule has 0 unspecified atom stereocenters. The minimum Gasteiger partial charge on any atom is -0.468 e. The van der Waals surface area contributed by atoms with Crippen LogP contribution in [0.25, 0.3) is 5.69 Å². The van der Waals surface area contributed by atoms with E-state index in [1.165, 1.54) is 7.11 Å². The highest BCUT2D eigenvalue weighted by molar-refractivity contribution is 5.86. The Morgan fingerprint density at radius 2 is 2.00 bits per heavy atom. The third kappa shape index (κ3) is 4.83. The molecule has 3 rings (SSSR count). The molecule has 0 bridgehead atoms. The Kier molecular flexibility index (Phi) is 6.19. The maximum Gasteiger partial charge on any atom is 0.407 e. The molecule has 3 atom stereocenters. The van der Waals surface area contributed by atoms with Crippen LogP contribution in [0.2, 0.25) is 0 Å². The Hall–Kier alpha value is -2.83. The van der Waals surface area contributed by atoms with Crippen LogP contribution in [0.4, 0.5) is 4.79 Å². The van der Waals surface area contributed by atoms with Gasteiger partial charge in [-0.25, -0.2) is 9.78 Å². The van der Waals surface area contributed by atoms with Gasteiger partial charge in [-0.1, -0.05) is 25.1 Å². The minimum absolute atomic E-state index is 0.125. The molecule has 1 amide bonds. The van der Waals surface area contributed by atoms with Crippen molar-refractivity contribution in [1.29, 1.82) is 0 Å². The van der Waals surface area contributed by atoms with Gasteiger partial charge in [0.05, 0.1) is 19.1 Å². The molecule has 2 aromatic rings. The number of benzene rings is 1. The molecular formula is C23H31N3O4. The van der Waals surface area contributed by atoms with Crippen LogP contribution >= 0.6 is 0 Å². The Balaban J connectivity index is 1.65. The van der Waals surface area contributed by atoms with Crippen LogP contribution in [-0.2, 0) is 19.7 Å². The van der Waals surface area contributed by atoms with E-state index in [9.17, 15) is 9.59 Å². The topological polar surface area (TPSA) is 82.5 Å². The molecule has 7 nitrogen and oxygen atoms in total. The van der Waals surface area contributed by atoms with E-state index in [4.69, 9.17) is 9.47 Å². The molecule has 1 fully saturated rings. The van der Waals surface area contributed by atoms with Crippen molar-refractivity contribution in [2.24, 2.45) is 11.8 Å². The second-order valence-corrected chi connectivity index (χ2v) is 9.09. The molecule has 1 aliphatic carbocycles. The van der Waals surface area contributed by atoms with Crippen molar-refractivity contribution in [3.8, 4) is 5.69 Å². The summed E-state index contributed by atoms with van der Waals surface area (Å²) in [4.78, 5) is 29.1. The van der Waals surface area contributed by atoms with Crippen LogP contribution in [0, 0.1) is 11.8 Å². The van der Waals surface area contributed by atoms with Crippen molar-refractivity contribution in [2.75, 3.05) is 13.7 Å². The SMILES string of the molecule is COC(=O)[C@]1(c2cn(-c3ccccc3)cn2)C[C@@H]1C[C@H](C)CNC(=O)OC(C)(C)C. The number of rotatable bonds is 7. The molecule has 30 heavy (non-hydrogen) atoms. The summed E-state index contributed by atoms with van der Waals surface area (Å²) in [5, 5.41) is 2.81. The van der Waals surface area contributed by atoms with E-state index >= 15 is 0 Å². The summed E-state index contributed by atoms with van der Waals surface area (Å²) in [5.74, 6) is 0.0582. The number of ether oxygens (including phenoxy) is 2. The standard InChI is InChI=1S/C23H31N3O4/c1-16(13-24-21(28)30-22(2,3)4)11-17-12-23(17,20(27)29-5)19-14-26(15-25-19)18-9-7-6-8-10-18/h6-10,14-17H,11-13H2,1-5H3,(H,24,28)/t16-,17-,23+/m0/s1. The third-order valence-electron chi connectivity index (χ3n) is 5.43. The van der Waals surface area contributed by atoms with Gasteiger partial charge in [0.1, 0.15) is 11.0 Å². The molecule has 7 heteroatoms. The number of para-hydroxylation sites is 1. The van der Waals surface area contributed by atoms with Gasteiger partial charge in [0, 0.05) is 18.4 Å². The van der Waals surface area contributed by atoms with E-state index in [1.807, 2.05) is 61.9 Å². The molecular weight excluding hydrogens is 382 g/mol. The second-order valence-electron chi connectivity index (χ2n) is 9.09. The zero-order valence-electron chi connectivity index (χ0n) is 18.3. The largest absolute Gasteiger partial charge is 0.468 e. The van der Waals surface area contributed by atoms with E-state index in [1.54, 1.807) is 6.33 Å². The normalized spacial score (nSPS) is 21.6. The first-order chi connectivity index (χ1) is 14.2. The molecule has 1 aromatic heterocycles. The molecule has 1 aliphatic rings. The number of hydrogen-bond acceptors (Lipinski definition) is 5. The van der Waals surface area contributed by atoms with Crippen molar-refractivity contribution in [2.45, 2.75) is 51.6 Å². The second kappa shape index (κ2) is 8.50. The summed E-state index contributed by atoms with van der Waals surface area (Å²) in [6.45, 7) is 8.04. The summed E-state index contributed by atoms with van der Waals surface area (Å²) in [6.07, 6.45) is 4.70. The fraction of sp³-hybridized carbons (Fsp3) is 0.522. The number of imidazole rings is 1. The zero-order valence-corrected chi connectivity index (χ0v) is 18.3. The maximum absolute atomic E-state index is 12.7. The molecule has 1 aromatic carbocycles. The Labute approximate surface area is 177 Å². The lowest BCUT2D eigenvalue weighted by atomic mass is 9.94. The number of carbonyl (C=O) groups excluding carboxylic acids is 2. The van der Waals surface area contributed by atoms with Gasteiger partial charge < -0.3 is 19.4 Å². The highest BCUT2D eigenvalue weighted by Crippen LogP contribution is 2.57. The van der Waals surface area contributed by atoms with Crippen molar-refractivity contribution < 1.29 is 19.1 Å². The number of carbonyl (C=O) groups is 2. The summed E-state index contributed by atoms with van der Waals surface area (Å²) in [5.41, 5.74) is 0.482. The van der Waals surface area contributed by atoms with Crippen LogP contribution in [-0.4, -0.2) is 40.9 Å². The van der Waals surface area contributed by atoms with Gasteiger partial charge in [0.2, 0.25) is 0 Å². The fourth-order valence-corrected chi connectivity index (χ4v) is 3.90. The van der Waals surface area contributed by atoms with Crippen LogP contribution < -0.4 is 5.32 Å². The average Bonchev–Trinajstić information content (AvgIpc) is 3.18. The third-order valence-corrected chi connectivity index (χ3v) is 5.43. The quantitative estimate of drug-likeness (QED) is 0.697. The van der Waals surface area contributed by atoms with Gasteiger partial charge >= 0.3 is 12.1 Å². The van der Waals surface area contributed by atoms with Crippen LogP contribution in [0.15, 0.2) is 42.9 Å². The number of amides is 1. The predicted octanol–water partition coefficient (Wildman–Crippen LogP) is 3.85. The smallest absolute Gasteiger partial charge is 0.407 e. The van der Waals surface area contributed by atoms with Crippen molar-refractivity contribution in [3.63, 3.8) is 0 Å². The number of nitrogens with one attached hydrogen (secondary N) is 1. The summed E-state index contributed by atoms with van der Waals surface area (Å²) < 4.78 is 12.3. The van der Waals surface area contributed by atoms with Crippen LogP contribution in [0.1, 0.15) is 46.2 Å². The van der Waals surface area contributed by atoms with Gasteiger partial charge in [-0.15, -0.1) is 0 Å². The lowest BCUT2D eigenvalue weighted by Gasteiger charge is -2.21. The van der Waals surface area contributed by atoms with Crippen molar-refractivity contribution in [3.05, 3.63) is 48.5 Å². The predicted molar refractivity (Wildman–Crippen MR) is 113 cm³/mol. The first-order valence-electron chi connectivity index (χ1n) is 10.3. The molecule has 1 heterocycles. The molecule has 0 radical (unpaired) electrons. The van der Waals surface area contributed by atoms with E-state index in [-0.39, 0.29) is 17.8 Å². The molecule has 1 N–H and O–H groups in total. The van der Waals surface area contributed by atoms with Crippen LogP contribution in [0.3, 0.4) is 0 Å². The number of aromatic nitrogens is 2. The molecule has 162 valence electrons. The summed E-state index contributed by atoms with van der Waals surface area (Å²) >= 11 is 0. The lowest BCUT2D eigenvalue weighted by Crippen LogP contribution is -2.35.